The van der Waals surface area contributed by atoms with Crippen LogP contribution < -0.4 is 27.4 Å². The number of carboxylic acid groups (broad SMARTS) is 1. The molecule has 3 rings (SSSR count). The van der Waals surface area contributed by atoms with Crippen molar-refractivity contribution in [1.29, 1.82) is 0 Å². The Morgan fingerprint density at radius 1 is 0.976 bits per heavy atom. The van der Waals surface area contributed by atoms with E-state index >= 15 is 0 Å². The predicted molar refractivity (Wildman–Crippen MR) is 153 cm³/mol. The number of carboxylic acids is 1. The van der Waals surface area contributed by atoms with Crippen LogP contribution in [-0.2, 0) is 36.8 Å². The van der Waals surface area contributed by atoms with Gasteiger partial charge in [0.05, 0.1) is 18.8 Å². The minimum Gasteiger partial charge on any atom is -0.480 e. The number of hydrogen-bond acceptors (Lipinski definition) is 8. The molecule has 0 aliphatic rings. The van der Waals surface area contributed by atoms with Gasteiger partial charge in [-0.05, 0) is 30.1 Å². The third kappa shape index (κ3) is 9.08. The third-order valence-corrected chi connectivity index (χ3v) is 6.97. The van der Waals surface area contributed by atoms with Crippen molar-refractivity contribution in [3.63, 3.8) is 0 Å². The van der Waals surface area contributed by atoms with Gasteiger partial charge in [0.2, 0.25) is 23.6 Å². The zero-order valence-corrected chi connectivity index (χ0v) is 23.2. The number of benzene rings is 1. The number of rotatable bonds is 16. The van der Waals surface area contributed by atoms with Crippen LogP contribution in [0.25, 0.3) is 10.9 Å². The van der Waals surface area contributed by atoms with Crippen molar-refractivity contribution in [3.05, 3.63) is 54.2 Å². The summed E-state index contributed by atoms with van der Waals surface area (Å²) in [5.74, 6) is -3.69. The fourth-order valence-electron chi connectivity index (χ4n) is 4.18. The summed E-state index contributed by atoms with van der Waals surface area (Å²) < 4.78 is 0. The number of hydrogen-bond donors (Lipinski definition) is 8. The fraction of sp³-hybridized carbons (Fsp3) is 0.385. The molecule has 0 fully saturated rings. The van der Waals surface area contributed by atoms with Gasteiger partial charge < -0.3 is 42.5 Å². The number of aromatic nitrogens is 3. The number of primary amides is 1. The second kappa shape index (κ2) is 14.9. The second-order valence-corrected chi connectivity index (χ2v) is 10.4. The smallest absolute Gasteiger partial charge is 0.326 e. The number of carbonyl (C=O) groups excluding carboxylic acids is 4. The van der Waals surface area contributed by atoms with Gasteiger partial charge in [-0.1, -0.05) is 18.2 Å². The lowest BCUT2D eigenvalue weighted by molar-refractivity contribution is -0.142. The average molecular weight is 587 g/mol. The first-order valence-electron chi connectivity index (χ1n) is 12.8. The van der Waals surface area contributed by atoms with Crippen molar-refractivity contribution in [2.45, 2.75) is 49.9 Å². The normalized spacial score (nSPS) is 14.0. The summed E-state index contributed by atoms with van der Waals surface area (Å²) in [6, 6.07) is 2.58. The Morgan fingerprint density at radius 3 is 2.32 bits per heavy atom. The number of nitrogens with two attached hydrogens (primary N) is 2. The molecule has 0 radical (unpaired) electrons. The van der Waals surface area contributed by atoms with Crippen molar-refractivity contribution in [1.82, 2.24) is 30.9 Å². The quantitative estimate of drug-likeness (QED) is 0.104. The van der Waals surface area contributed by atoms with E-state index in [1.54, 1.807) is 6.20 Å². The molecule has 1 aromatic carbocycles. The summed E-state index contributed by atoms with van der Waals surface area (Å²) >= 11 is 1.44. The molecule has 0 spiro atoms. The molecule has 4 unspecified atom stereocenters. The van der Waals surface area contributed by atoms with Crippen LogP contribution in [0.2, 0.25) is 0 Å². The van der Waals surface area contributed by atoms with Gasteiger partial charge in [-0.3, -0.25) is 19.2 Å². The highest BCUT2D eigenvalue weighted by Crippen LogP contribution is 2.19. The molecule has 14 nitrogen and oxygen atoms in total. The maximum Gasteiger partial charge on any atom is 0.326 e. The number of nitrogens with zero attached hydrogens (tertiary/aromatic N) is 1. The molecule has 41 heavy (non-hydrogen) atoms. The van der Waals surface area contributed by atoms with Gasteiger partial charge in [-0.25, -0.2) is 9.78 Å². The number of thioether (sulfide) groups is 1. The molecular weight excluding hydrogens is 552 g/mol. The molecule has 4 amide bonds. The average Bonchev–Trinajstić information content (AvgIpc) is 3.59. The Morgan fingerprint density at radius 2 is 1.66 bits per heavy atom. The minimum atomic E-state index is -1.28. The van der Waals surface area contributed by atoms with Crippen LogP contribution in [0.4, 0.5) is 0 Å². The van der Waals surface area contributed by atoms with E-state index in [9.17, 15) is 29.1 Å². The van der Waals surface area contributed by atoms with Gasteiger partial charge in [0, 0.05) is 41.8 Å². The van der Waals surface area contributed by atoms with E-state index in [2.05, 4.69) is 30.9 Å². The third-order valence-electron chi connectivity index (χ3n) is 6.33. The van der Waals surface area contributed by atoms with E-state index in [-0.39, 0.29) is 19.3 Å². The summed E-state index contributed by atoms with van der Waals surface area (Å²) in [6.45, 7) is 0. The summed E-state index contributed by atoms with van der Waals surface area (Å²) in [6.07, 6.45) is 6.18. The van der Waals surface area contributed by atoms with Crippen LogP contribution in [0, 0.1) is 0 Å². The largest absolute Gasteiger partial charge is 0.480 e. The van der Waals surface area contributed by atoms with Crippen molar-refractivity contribution in [2.24, 2.45) is 11.5 Å². The summed E-state index contributed by atoms with van der Waals surface area (Å²) in [7, 11) is 0. The molecule has 220 valence electrons. The number of amides is 4. The minimum absolute atomic E-state index is 0.0178. The first kappa shape index (κ1) is 31.2. The van der Waals surface area contributed by atoms with Crippen LogP contribution in [0.3, 0.4) is 0 Å². The number of aliphatic carboxylic acids is 1. The first-order valence-corrected chi connectivity index (χ1v) is 14.2. The highest BCUT2D eigenvalue weighted by Gasteiger charge is 2.31. The van der Waals surface area contributed by atoms with Crippen LogP contribution >= 0.6 is 11.8 Å². The number of imidazole rings is 1. The van der Waals surface area contributed by atoms with Crippen molar-refractivity contribution < 1.29 is 29.1 Å². The van der Waals surface area contributed by atoms with E-state index < -0.39 is 60.2 Å². The molecule has 2 aromatic heterocycles. The number of nitrogens with one attached hydrogen (secondary N) is 5. The Balaban J connectivity index is 1.75. The van der Waals surface area contributed by atoms with Crippen LogP contribution in [0.5, 0.6) is 0 Å². The summed E-state index contributed by atoms with van der Waals surface area (Å²) in [5, 5.41) is 18.4. The monoisotopic (exact) mass is 586 g/mol. The van der Waals surface area contributed by atoms with Crippen molar-refractivity contribution in [3.8, 4) is 0 Å². The molecule has 4 atom stereocenters. The molecule has 2 heterocycles. The summed E-state index contributed by atoms with van der Waals surface area (Å²) in [5.41, 5.74) is 12.9. The topological polar surface area (TPSA) is 238 Å². The van der Waals surface area contributed by atoms with E-state index in [4.69, 9.17) is 11.5 Å². The molecule has 0 saturated carbocycles. The standard InChI is InChI=1S/C26H34N8O6S/c1-41-7-6-19(24(37)34-21(26(39)40)8-14-11-30-18-5-3-2-4-16(14)18)32-25(38)20(9-15-12-29-13-31-15)33-23(36)17(27)10-22(28)35/h2-5,11-13,17,19-21,30H,6-10,27H2,1H3,(H2,28,35)(H,29,31)(H,32,38)(H,33,36)(H,34,37)(H,39,40). The Bertz CT molecular complexity index is 1360. The van der Waals surface area contributed by atoms with E-state index in [0.29, 0.717) is 17.0 Å². The van der Waals surface area contributed by atoms with E-state index in [1.807, 2.05) is 30.5 Å². The SMILES string of the molecule is CSCCC(NC(=O)C(Cc1cnc[nH]1)NC(=O)C(N)CC(N)=O)C(=O)NC(Cc1c[nH]c2ccccc12)C(=O)O. The van der Waals surface area contributed by atoms with Crippen molar-refractivity contribution in [2.75, 3.05) is 12.0 Å². The van der Waals surface area contributed by atoms with E-state index in [0.717, 1.165) is 10.9 Å². The lowest BCUT2D eigenvalue weighted by atomic mass is 10.0. The molecule has 3 aromatic rings. The number of carbonyl (C=O) groups is 5. The second-order valence-electron chi connectivity index (χ2n) is 9.42. The van der Waals surface area contributed by atoms with Crippen LogP contribution in [0.15, 0.2) is 43.0 Å². The zero-order valence-electron chi connectivity index (χ0n) is 22.4. The van der Waals surface area contributed by atoms with Gasteiger partial charge in [0.1, 0.15) is 18.1 Å². The summed E-state index contributed by atoms with van der Waals surface area (Å²) in [4.78, 5) is 72.3. The van der Waals surface area contributed by atoms with Gasteiger partial charge in [-0.2, -0.15) is 11.8 Å². The van der Waals surface area contributed by atoms with Crippen LogP contribution in [-0.4, -0.2) is 85.8 Å². The maximum atomic E-state index is 13.4. The fourth-order valence-corrected chi connectivity index (χ4v) is 4.65. The number of H-pyrrole nitrogens is 2. The predicted octanol–water partition coefficient (Wildman–Crippen LogP) is -0.829. The number of fused-ring (bicyclic) bond motifs is 1. The molecule has 0 aliphatic carbocycles. The molecule has 10 N–H and O–H groups in total. The van der Waals surface area contributed by atoms with E-state index in [1.165, 1.54) is 24.3 Å². The highest BCUT2D eigenvalue weighted by molar-refractivity contribution is 7.98. The Labute approximate surface area is 239 Å². The zero-order chi connectivity index (χ0) is 29.9. The Kier molecular flexibility index (Phi) is 11.3. The lowest BCUT2D eigenvalue weighted by Gasteiger charge is -2.25. The lowest BCUT2D eigenvalue weighted by Crippen LogP contribution is -2.58. The van der Waals surface area contributed by atoms with Gasteiger partial charge in [0.15, 0.2) is 0 Å². The molecule has 15 heteroatoms. The first-order chi connectivity index (χ1) is 19.6. The molecule has 0 bridgehead atoms. The van der Waals surface area contributed by atoms with Crippen LogP contribution in [0.1, 0.15) is 24.1 Å². The van der Waals surface area contributed by atoms with Gasteiger partial charge >= 0.3 is 5.97 Å². The molecule has 0 saturated heterocycles. The highest BCUT2D eigenvalue weighted by atomic mass is 32.2. The molecular formula is C26H34N8O6S. The maximum absolute atomic E-state index is 13.4. The van der Waals surface area contributed by atoms with Gasteiger partial charge in [0.25, 0.3) is 0 Å². The molecule has 0 aliphatic heterocycles. The number of aromatic amines is 2. The Hall–Kier alpha value is -4.37. The number of para-hydroxylation sites is 1. The van der Waals surface area contributed by atoms with Gasteiger partial charge in [-0.15, -0.1) is 0 Å². The van der Waals surface area contributed by atoms with Crippen molar-refractivity contribution >= 4 is 52.3 Å².